The number of carboxylic acids is 1. The van der Waals surface area contributed by atoms with Crippen molar-refractivity contribution in [3.05, 3.63) is 29.8 Å². The maximum Gasteiger partial charge on any atom is 0.335 e. The van der Waals surface area contributed by atoms with Gasteiger partial charge in [0.1, 0.15) is 0 Å². The van der Waals surface area contributed by atoms with E-state index in [0.717, 1.165) is 12.8 Å². The highest BCUT2D eigenvalue weighted by Gasteiger charge is 2.30. The van der Waals surface area contributed by atoms with Crippen LogP contribution < -0.4 is 4.31 Å². The Morgan fingerprint density at radius 3 is 2.24 bits per heavy atom. The molecule has 21 heavy (non-hydrogen) atoms. The molecule has 0 saturated carbocycles. The molecule has 0 aromatic heterocycles. The van der Waals surface area contributed by atoms with E-state index in [0.29, 0.717) is 24.7 Å². The number of piperidine rings is 1. The molecule has 0 aliphatic carbocycles. The second kappa shape index (κ2) is 6.03. The molecule has 0 unspecified atom stereocenters. The Kier molecular flexibility index (Phi) is 4.53. The number of rotatable bonds is 4. The molecule has 116 valence electrons. The first kappa shape index (κ1) is 15.8. The number of nitrogens with zero attached hydrogens (tertiary/aromatic N) is 2. The first-order chi connectivity index (χ1) is 9.82. The van der Waals surface area contributed by atoms with Gasteiger partial charge in [-0.25, -0.2) is 4.79 Å². The summed E-state index contributed by atoms with van der Waals surface area (Å²) in [5, 5.41) is 8.86. The topological polar surface area (TPSA) is 77.9 Å². The second-order valence-electron chi connectivity index (χ2n) is 5.41. The highest BCUT2D eigenvalue weighted by molar-refractivity contribution is 7.90. The standard InChI is InChI=1S/C14H20N2O4S/c1-11-7-9-16(10-8-11)21(19,20)15(2)13-5-3-12(4-6-13)14(17)18/h3-6,11H,7-10H2,1-2H3,(H,17,18). The fourth-order valence-corrected chi connectivity index (χ4v) is 3.74. The molecule has 0 radical (unpaired) electrons. The molecule has 1 aromatic carbocycles. The third-order valence-corrected chi connectivity index (χ3v) is 5.81. The SMILES string of the molecule is CC1CCN(S(=O)(=O)N(C)c2ccc(C(=O)O)cc2)CC1. The molecule has 7 heteroatoms. The number of benzene rings is 1. The smallest absolute Gasteiger partial charge is 0.335 e. The van der Waals surface area contributed by atoms with E-state index in [4.69, 9.17) is 5.11 Å². The van der Waals surface area contributed by atoms with Crippen molar-refractivity contribution in [2.75, 3.05) is 24.4 Å². The van der Waals surface area contributed by atoms with Crippen LogP contribution >= 0.6 is 0 Å². The molecule has 0 atom stereocenters. The lowest BCUT2D eigenvalue weighted by Crippen LogP contribution is -2.45. The summed E-state index contributed by atoms with van der Waals surface area (Å²) in [5.74, 6) is -0.478. The molecule has 2 rings (SSSR count). The van der Waals surface area contributed by atoms with Crippen molar-refractivity contribution in [1.29, 1.82) is 0 Å². The van der Waals surface area contributed by atoms with Crippen LogP contribution in [0.2, 0.25) is 0 Å². The molecule has 0 amide bonds. The highest BCUT2D eigenvalue weighted by atomic mass is 32.2. The predicted molar refractivity (Wildman–Crippen MR) is 80.7 cm³/mol. The number of anilines is 1. The highest BCUT2D eigenvalue weighted by Crippen LogP contribution is 2.24. The summed E-state index contributed by atoms with van der Waals surface area (Å²) in [6.45, 7) is 3.18. The Labute approximate surface area is 125 Å². The quantitative estimate of drug-likeness (QED) is 0.919. The summed E-state index contributed by atoms with van der Waals surface area (Å²) < 4.78 is 27.8. The second-order valence-corrected chi connectivity index (χ2v) is 7.37. The van der Waals surface area contributed by atoms with Gasteiger partial charge in [0.15, 0.2) is 0 Å². The van der Waals surface area contributed by atoms with Gasteiger partial charge in [-0.3, -0.25) is 4.31 Å². The minimum atomic E-state index is -3.55. The summed E-state index contributed by atoms with van der Waals surface area (Å²) in [6.07, 6.45) is 1.73. The normalized spacial score (nSPS) is 17.6. The number of hydrogen-bond donors (Lipinski definition) is 1. The van der Waals surface area contributed by atoms with Gasteiger partial charge in [-0.2, -0.15) is 12.7 Å². The van der Waals surface area contributed by atoms with Gasteiger partial charge in [-0.05, 0) is 43.0 Å². The Hall–Kier alpha value is -1.60. The van der Waals surface area contributed by atoms with E-state index in [9.17, 15) is 13.2 Å². The minimum Gasteiger partial charge on any atom is -0.478 e. The average Bonchev–Trinajstić information content (AvgIpc) is 2.47. The fourth-order valence-electron chi connectivity index (χ4n) is 2.34. The van der Waals surface area contributed by atoms with Crippen molar-refractivity contribution in [1.82, 2.24) is 4.31 Å². The van der Waals surface area contributed by atoms with Gasteiger partial charge in [0.05, 0.1) is 11.3 Å². The first-order valence-corrected chi connectivity index (χ1v) is 8.29. The zero-order valence-corrected chi connectivity index (χ0v) is 13.0. The Morgan fingerprint density at radius 2 is 1.76 bits per heavy atom. The summed E-state index contributed by atoms with van der Waals surface area (Å²) >= 11 is 0. The summed E-state index contributed by atoms with van der Waals surface area (Å²) in [6, 6.07) is 5.82. The average molecular weight is 312 g/mol. The van der Waals surface area contributed by atoms with Crippen LogP contribution in [0.4, 0.5) is 5.69 Å². The van der Waals surface area contributed by atoms with E-state index in [1.165, 1.54) is 39.9 Å². The van der Waals surface area contributed by atoms with Gasteiger partial charge in [-0.1, -0.05) is 6.92 Å². The van der Waals surface area contributed by atoms with Crippen molar-refractivity contribution < 1.29 is 18.3 Å². The number of carbonyl (C=O) groups is 1. The van der Waals surface area contributed by atoms with Crippen molar-refractivity contribution in [3.8, 4) is 0 Å². The molecule has 1 fully saturated rings. The van der Waals surface area contributed by atoms with Crippen LogP contribution in [0.3, 0.4) is 0 Å². The largest absolute Gasteiger partial charge is 0.478 e. The van der Waals surface area contributed by atoms with Gasteiger partial charge in [0.2, 0.25) is 0 Å². The molecule has 1 heterocycles. The maximum absolute atomic E-state index is 12.5. The Morgan fingerprint density at radius 1 is 1.24 bits per heavy atom. The van der Waals surface area contributed by atoms with Gasteiger partial charge >= 0.3 is 16.2 Å². The van der Waals surface area contributed by atoms with Crippen LogP contribution in [0.15, 0.2) is 24.3 Å². The number of carboxylic acid groups (broad SMARTS) is 1. The van der Waals surface area contributed by atoms with E-state index >= 15 is 0 Å². The van der Waals surface area contributed by atoms with Crippen molar-refractivity contribution in [2.24, 2.45) is 5.92 Å². The minimum absolute atomic E-state index is 0.136. The lowest BCUT2D eigenvalue weighted by atomic mass is 10.0. The number of aromatic carboxylic acids is 1. The monoisotopic (exact) mass is 312 g/mol. The first-order valence-electron chi connectivity index (χ1n) is 6.89. The van der Waals surface area contributed by atoms with Crippen molar-refractivity contribution in [2.45, 2.75) is 19.8 Å². The molecule has 6 nitrogen and oxygen atoms in total. The van der Waals surface area contributed by atoms with Crippen LogP contribution in [-0.4, -0.2) is 43.9 Å². The van der Waals surface area contributed by atoms with Crippen molar-refractivity contribution in [3.63, 3.8) is 0 Å². The zero-order chi connectivity index (χ0) is 15.6. The van der Waals surface area contributed by atoms with Gasteiger partial charge in [-0.15, -0.1) is 0 Å². The van der Waals surface area contributed by atoms with Crippen LogP contribution in [0.25, 0.3) is 0 Å². The third kappa shape index (κ3) is 3.36. The lowest BCUT2D eigenvalue weighted by molar-refractivity contribution is 0.0697. The fraction of sp³-hybridized carbons (Fsp3) is 0.500. The van der Waals surface area contributed by atoms with Gasteiger partial charge < -0.3 is 5.11 Å². The van der Waals surface area contributed by atoms with E-state index in [1.807, 2.05) is 0 Å². The molecular formula is C14H20N2O4S. The Bertz CT molecular complexity index is 604. The molecule has 1 saturated heterocycles. The molecular weight excluding hydrogens is 292 g/mol. The van der Waals surface area contributed by atoms with E-state index in [1.54, 1.807) is 0 Å². The zero-order valence-electron chi connectivity index (χ0n) is 12.2. The van der Waals surface area contributed by atoms with Gasteiger partial charge in [0, 0.05) is 20.1 Å². The third-order valence-electron chi connectivity index (χ3n) is 3.89. The van der Waals surface area contributed by atoms with Gasteiger partial charge in [0.25, 0.3) is 0 Å². The van der Waals surface area contributed by atoms with Crippen LogP contribution in [-0.2, 0) is 10.2 Å². The van der Waals surface area contributed by atoms with Crippen LogP contribution in [0, 0.1) is 5.92 Å². The van der Waals surface area contributed by atoms with E-state index in [-0.39, 0.29) is 5.56 Å². The van der Waals surface area contributed by atoms with Crippen LogP contribution in [0.1, 0.15) is 30.1 Å². The van der Waals surface area contributed by atoms with E-state index < -0.39 is 16.2 Å². The number of hydrogen-bond acceptors (Lipinski definition) is 3. The molecule has 1 aromatic rings. The molecule has 0 bridgehead atoms. The molecule has 0 spiro atoms. The molecule has 1 aliphatic heterocycles. The molecule has 1 N–H and O–H groups in total. The van der Waals surface area contributed by atoms with Crippen LogP contribution in [0.5, 0.6) is 0 Å². The van der Waals surface area contributed by atoms with Crippen molar-refractivity contribution >= 4 is 21.9 Å². The summed E-state index contributed by atoms with van der Waals surface area (Å²) in [5.41, 5.74) is 0.593. The summed E-state index contributed by atoms with van der Waals surface area (Å²) in [7, 11) is -2.06. The lowest BCUT2D eigenvalue weighted by Gasteiger charge is -2.33. The summed E-state index contributed by atoms with van der Waals surface area (Å²) in [4.78, 5) is 10.8. The molecule has 1 aliphatic rings. The predicted octanol–water partition coefficient (Wildman–Crippen LogP) is 1.80. The Balaban J connectivity index is 2.17. The maximum atomic E-state index is 12.5. The van der Waals surface area contributed by atoms with E-state index in [2.05, 4.69) is 6.92 Å².